The smallest absolute Gasteiger partial charge is 0.407 e. The molecule has 0 aliphatic carbocycles. The third-order valence-electron chi connectivity index (χ3n) is 4.02. The van der Waals surface area contributed by atoms with Gasteiger partial charge in [-0.05, 0) is 47.1 Å². The van der Waals surface area contributed by atoms with Crippen LogP contribution in [0.1, 0.15) is 44.8 Å². The Kier molecular flexibility index (Phi) is 6.90. The molecule has 2 aromatic heterocycles. The van der Waals surface area contributed by atoms with Crippen LogP contribution in [0, 0.1) is 13.8 Å². The number of nitrogens with one attached hydrogen (secondary N) is 1. The van der Waals surface area contributed by atoms with E-state index >= 15 is 0 Å². The third-order valence-corrected chi connectivity index (χ3v) is 4.02. The lowest BCUT2D eigenvalue weighted by Crippen LogP contribution is -2.34. The van der Waals surface area contributed by atoms with Crippen molar-refractivity contribution in [3.8, 4) is 0 Å². The van der Waals surface area contributed by atoms with Crippen LogP contribution in [0.2, 0.25) is 0 Å². The lowest BCUT2D eigenvalue weighted by Gasteiger charge is -2.20. The molecule has 0 aromatic carbocycles. The van der Waals surface area contributed by atoms with E-state index in [1.807, 2.05) is 46.1 Å². The van der Waals surface area contributed by atoms with Crippen molar-refractivity contribution >= 4 is 22.9 Å². The molecule has 2 rings (SSSR count). The van der Waals surface area contributed by atoms with Gasteiger partial charge in [-0.3, -0.25) is 0 Å². The van der Waals surface area contributed by atoms with Crippen LogP contribution in [0.4, 0.5) is 10.6 Å². The number of alkyl carbamates (subject to hydrolysis) is 1. The number of rotatable bonds is 7. The van der Waals surface area contributed by atoms with Gasteiger partial charge in [0.2, 0.25) is 5.82 Å². The Hall–Kier alpha value is -2.75. The monoisotopic (exact) mass is 391 g/mol. The Morgan fingerprint density at radius 1 is 1.29 bits per heavy atom. The summed E-state index contributed by atoms with van der Waals surface area (Å²) in [6.07, 6.45) is -0.463. The van der Waals surface area contributed by atoms with Gasteiger partial charge in [-0.15, -0.1) is 5.11 Å². The maximum atomic E-state index is 11.9. The molecule has 10 heteroatoms. The topological polar surface area (TPSA) is 129 Å². The van der Waals surface area contributed by atoms with Gasteiger partial charge < -0.3 is 25.2 Å². The second-order valence-electron chi connectivity index (χ2n) is 7.30. The molecule has 0 saturated heterocycles. The Labute approximate surface area is 164 Å². The van der Waals surface area contributed by atoms with Crippen molar-refractivity contribution in [2.75, 3.05) is 13.2 Å². The average molecular weight is 391 g/mol. The first-order valence-corrected chi connectivity index (χ1v) is 9.19. The van der Waals surface area contributed by atoms with Gasteiger partial charge in [0.05, 0.1) is 5.52 Å². The minimum atomic E-state index is -0.548. The molecule has 10 nitrogen and oxygen atoms in total. The number of fused-ring (bicyclic) bond motifs is 1. The molecule has 0 unspecified atom stereocenters. The fourth-order valence-electron chi connectivity index (χ4n) is 2.75. The Bertz CT molecular complexity index is 868. The lowest BCUT2D eigenvalue weighted by molar-refractivity contribution is 0.0525. The van der Waals surface area contributed by atoms with Gasteiger partial charge in [-0.2, -0.15) is 0 Å². The van der Waals surface area contributed by atoms with Crippen LogP contribution >= 0.6 is 0 Å². The van der Waals surface area contributed by atoms with Crippen molar-refractivity contribution in [3.63, 3.8) is 0 Å². The molecule has 1 amide bonds. The number of aromatic nitrogens is 3. The molecule has 0 aliphatic heterocycles. The fourth-order valence-corrected chi connectivity index (χ4v) is 2.75. The number of carbonyl (C=O) groups excluding carboxylic acids is 1. The largest absolute Gasteiger partial charge is 0.444 e. The number of imidazole rings is 1. The van der Waals surface area contributed by atoms with Crippen molar-refractivity contribution in [1.82, 2.24) is 19.9 Å². The van der Waals surface area contributed by atoms with Gasteiger partial charge in [-0.1, -0.05) is 5.22 Å². The number of nitrogens with zero attached hydrogens (tertiary/aromatic N) is 5. The molecular formula is C18H29N7O3. The highest BCUT2D eigenvalue weighted by atomic mass is 16.6. The molecule has 28 heavy (non-hydrogen) atoms. The summed E-state index contributed by atoms with van der Waals surface area (Å²) in [5.74, 6) is 6.30. The van der Waals surface area contributed by atoms with Crippen molar-refractivity contribution in [3.05, 3.63) is 17.1 Å². The molecule has 2 aromatic rings. The highest BCUT2D eigenvalue weighted by Crippen LogP contribution is 2.29. The number of amides is 1. The van der Waals surface area contributed by atoms with Gasteiger partial charge in [0, 0.05) is 25.4 Å². The van der Waals surface area contributed by atoms with Crippen LogP contribution in [0.15, 0.2) is 10.3 Å². The molecule has 0 saturated carbocycles. The number of ether oxygens (including phenoxy) is 2. The molecule has 154 valence electrons. The van der Waals surface area contributed by atoms with E-state index in [0.717, 1.165) is 16.8 Å². The highest BCUT2D eigenvalue weighted by Gasteiger charge is 2.20. The van der Waals surface area contributed by atoms with E-state index in [-0.39, 0.29) is 0 Å². The molecule has 0 bridgehead atoms. The summed E-state index contributed by atoms with van der Waals surface area (Å²) in [7, 11) is 0. The second-order valence-corrected chi connectivity index (χ2v) is 7.30. The van der Waals surface area contributed by atoms with E-state index in [4.69, 9.17) is 15.3 Å². The van der Waals surface area contributed by atoms with Crippen molar-refractivity contribution < 1.29 is 14.3 Å². The van der Waals surface area contributed by atoms with E-state index in [1.54, 1.807) is 0 Å². The Morgan fingerprint density at radius 3 is 2.61 bits per heavy atom. The van der Waals surface area contributed by atoms with Crippen molar-refractivity contribution in [1.29, 1.82) is 0 Å². The van der Waals surface area contributed by atoms with Crippen molar-refractivity contribution in [2.24, 2.45) is 16.2 Å². The van der Waals surface area contributed by atoms with Crippen LogP contribution in [0.3, 0.4) is 0 Å². The van der Waals surface area contributed by atoms with Crippen LogP contribution < -0.4 is 11.2 Å². The predicted molar refractivity (Wildman–Crippen MR) is 105 cm³/mol. The maximum Gasteiger partial charge on any atom is 0.407 e. The van der Waals surface area contributed by atoms with Crippen LogP contribution in [-0.2, 0) is 22.6 Å². The zero-order valence-corrected chi connectivity index (χ0v) is 17.4. The first-order valence-electron chi connectivity index (χ1n) is 9.19. The van der Waals surface area contributed by atoms with Gasteiger partial charge in [-0.25, -0.2) is 14.8 Å². The Morgan fingerprint density at radius 2 is 2.00 bits per heavy atom. The predicted octanol–water partition coefficient (Wildman–Crippen LogP) is 3.07. The zero-order chi connectivity index (χ0) is 20.9. The molecule has 0 spiro atoms. The van der Waals surface area contributed by atoms with E-state index in [2.05, 4.69) is 25.6 Å². The van der Waals surface area contributed by atoms with E-state index in [1.165, 1.54) is 0 Å². The summed E-state index contributed by atoms with van der Waals surface area (Å²) in [5.41, 5.74) is 2.70. The highest BCUT2D eigenvalue weighted by molar-refractivity contribution is 5.88. The third kappa shape index (κ3) is 5.16. The summed E-state index contributed by atoms with van der Waals surface area (Å²) >= 11 is 0. The van der Waals surface area contributed by atoms with Gasteiger partial charge >= 0.3 is 6.09 Å². The SMILES string of the molecule is CCOCc1nc2c(N=NN)nc(C)c(C)c2n1CCNC(=O)OC(C)(C)C. The normalized spacial score (nSPS) is 12.1. The second kappa shape index (κ2) is 8.96. The molecule has 0 atom stereocenters. The van der Waals surface area contributed by atoms with Crippen LogP contribution in [0.25, 0.3) is 11.0 Å². The summed E-state index contributed by atoms with van der Waals surface area (Å²) < 4.78 is 12.8. The first-order chi connectivity index (χ1) is 13.2. The maximum absolute atomic E-state index is 11.9. The summed E-state index contributed by atoms with van der Waals surface area (Å²) in [6, 6.07) is 0. The molecule has 3 N–H and O–H groups in total. The minimum Gasteiger partial charge on any atom is -0.444 e. The lowest BCUT2D eigenvalue weighted by atomic mass is 10.2. The van der Waals surface area contributed by atoms with Crippen molar-refractivity contribution in [2.45, 2.75) is 60.3 Å². The van der Waals surface area contributed by atoms with E-state index in [0.29, 0.717) is 43.5 Å². The summed E-state index contributed by atoms with van der Waals surface area (Å²) in [6.45, 7) is 13.0. The summed E-state index contributed by atoms with van der Waals surface area (Å²) in [4.78, 5) is 21.0. The first kappa shape index (κ1) is 21.5. The Balaban J connectivity index is 2.37. The average Bonchev–Trinajstić information content (AvgIpc) is 2.95. The molecule has 2 heterocycles. The number of pyridine rings is 1. The standard InChI is InChI=1S/C18H29N7O3/c1-7-27-10-13-22-14-15(11(2)12(3)21-16(14)23-24-19)25(13)9-8-20-17(26)28-18(4,5)6/h7-10H2,1-6H3,(H,20,26)(H2,19,21,23). The number of aryl methyl sites for hydroxylation is 2. The fraction of sp³-hybridized carbons (Fsp3) is 0.611. The molecule has 0 radical (unpaired) electrons. The zero-order valence-electron chi connectivity index (χ0n) is 17.4. The number of carbonyl (C=O) groups is 1. The number of hydrogen-bond acceptors (Lipinski definition) is 7. The number of hydrogen-bond donors (Lipinski definition) is 2. The number of nitrogens with two attached hydrogens (primary N) is 1. The van der Waals surface area contributed by atoms with Crippen LogP contribution in [-0.4, -0.2) is 39.4 Å². The molecular weight excluding hydrogens is 362 g/mol. The van der Waals surface area contributed by atoms with E-state index in [9.17, 15) is 4.79 Å². The van der Waals surface area contributed by atoms with Crippen LogP contribution in [0.5, 0.6) is 0 Å². The quantitative estimate of drug-likeness (QED) is 0.424. The molecule has 0 fully saturated rings. The minimum absolute atomic E-state index is 0.329. The molecule has 0 aliphatic rings. The van der Waals surface area contributed by atoms with Gasteiger partial charge in [0.25, 0.3) is 0 Å². The van der Waals surface area contributed by atoms with E-state index < -0.39 is 11.7 Å². The summed E-state index contributed by atoms with van der Waals surface area (Å²) in [5, 5.41) is 10.0. The van der Waals surface area contributed by atoms with Gasteiger partial charge in [0.15, 0.2) is 0 Å². The van der Waals surface area contributed by atoms with Gasteiger partial charge in [0.1, 0.15) is 23.5 Å².